The van der Waals surface area contributed by atoms with Crippen LogP contribution in [-0.4, -0.2) is 90.9 Å². The zero-order chi connectivity index (χ0) is 91.7. The highest BCUT2D eigenvalue weighted by molar-refractivity contribution is 9.10. The van der Waals surface area contributed by atoms with Crippen LogP contribution in [0.2, 0.25) is 0 Å². The molecule has 6 aromatic carbocycles. The van der Waals surface area contributed by atoms with Gasteiger partial charge in [0.2, 0.25) is 0 Å². The first-order valence-corrected chi connectivity index (χ1v) is 41.5. The number of benzene rings is 6. The minimum absolute atomic E-state index is 0.0648. The Balaban J connectivity index is 0.000000466. The van der Waals surface area contributed by atoms with Crippen molar-refractivity contribution < 1.29 is 62.5 Å². The third-order valence-electron chi connectivity index (χ3n) is 18.9. The molecule has 3 heterocycles. The molecule has 0 bridgehead atoms. The summed E-state index contributed by atoms with van der Waals surface area (Å²) in [5.41, 5.74) is 23.9. The van der Waals surface area contributed by atoms with Gasteiger partial charge in [0, 0.05) is 50.0 Å². The Morgan fingerprint density at radius 2 is 0.739 bits per heavy atom. The number of nitrogens with two attached hydrogens (primary N) is 1. The van der Waals surface area contributed by atoms with Gasteiger partial charge in [0.25, 0.3) is 11.1 Å². The molecule has 9 rings (SSSR count). The largest absolute Gasteiger partial charge is 0.489 e. The number of aromatic carboxylic acids is 2. The maximum atomic E-state index is 12.5. The smallest absolute Gasteiger partial charge is 0.478 e. The van der Waals surface area contributed by atoms with Crippen molar-refractivity contribution in [3.05, 3.63) is 292 Å². The Bertz CT molecular complexity index is 4990. The molecule has 8 aromatic rings. The maximum absolute atomic E-state index is 12.5. The second-order valence-electron chi connectivity index (χ2n) is 35.0. The number of hydrogen-bond acceptors (Lipinski definition) is 14. The van der Waals surface area contributed by atoms with Crippen molar-refractivity contribution in [1.29, 1.82) is 0 Å². The van der Waals surface area contributed by atoms with Crippen LogP contribution in [-0.2, 0) is 36.5 Å². The van der Waals surface area contributed by atoms with Crippen LogP contribution in [0.5, 0.6) is 0 Å². The lowest BCUT2D eigenvalue weighted by molar-refractivity contribution is 0.00560. The number of nitrogens with one attached hydrogen (secondary N) is 2. The van der Waals surface area contributed by atoms with Crippen molar-refractivity contribution in [2.75, 3.05) is 0 Å². The van der Waals surface area contributed by atoms with Gasteiger partial charge in [-0.15, -0.1) is 6.58 Å². The zero-order valence-electron chi connectivity index (χ0n) is 76.4. The van der Waals surface area contributed by atoms with Crippen LogP contribution in [0.4, 0.5) is 0 Å². The number of aryl methyl sites for hydroxylation is 10. The lowest BCUT2D eigenvalue weighted by atomic mass is 9.81. The van der Waals surface area contributed by atoms with Crippen LogP contribution in [0.3, 0.4) is 0 Å². The predicted molar refractivity (Wildman–Crippen MR) is 493 cm³/mol. The number of carboxylic acid groups (broad SMARTS) is 2. The molecule has 0 atom stereocenters. The van der Waals surface area contributed by atoms with Gasteiger partial charge in [-0.05, 0) is 331 Å². The predicted octanol–water partition coefficient (Wildman–Crippen LogP) is 23.9. The van der Waals surface area contributed by atoms with Gasteiger partial charge < -0.3 is 49.4 Å². The van der Waals surface area contributed by atoms with Gasteiger partial charge in [-0.2, -0.15) is 0 Å². The summed E-state index contributed by atoms with van der Waals surface area (Å²) in [5.74, 6) is -1.06. The Hall–Kier alpha value is -9.38. The van der Waals surface area contributed by atoms with Crippen molar-refractivity contribution in [1.82, 2.24) is 9.97 Å². The molecule has 0 radical (unpaired) electrons. The van der Waals surface area contributed by atoms with Gasteiger partial charge in [0.05, 0.1) is 39.0 Å². The molecule has 1 aliphatic rings. The van der Waals surface area contributed by atoms with Crippen LogP contribution in [0, 0.1) is 69.2 Å². The normalized spacial score (nSPS) is 12.4. The monoisotopic (exact) mass is 1760 g/mol. The first-order valence-electron chi connectivity index (χ1n) is 39.9. The van der Waals surface area contributed by atoms with E-state index in [1.165, 1.54) is 16.7 Å². The zero-order valence-corrected chi connectivity index (χ0v) is 79.6. The van der Waals surface area contributed by atoms with Gasteiger partial charge in [0.1, 0.15) is 16.8 Å². The second-order valence-corrected chi connectivity index (χ2v) is 36.8. The number of carbonyl (C=O) groups is 6. The van der Waals surface area contributed by atoms with E-state index >= 15 is 0 Å². The average Bonchev–Trinajstić information content (AvgIpc) is 1.63. The SMILES string of the molecule is C=C(C)B1OC(C)(C)C(C)(C)O1.C=C(C)c1ccc(C(=O)OC(C)(C)C)c(C)c1.Cc1cc(Br)ccc1C(=O)O.Cc1cc(Br)ccc1C(=O)OC(C)(C)C.Cc1cc(C(C)C)ccc1C(=O)O.Cc1cc(C(C)C)ccc1C(=O)OC(C)(C)C.Cc1cc(C)c(CCC(=O)c2ccc(C(C)C)cc2C)c(=O)[nH]1.Cc1cc(C)c(CN)c(=O)[nH]1. The number of H-pyrrole nitrogens is 2. The minimum atomic E-state index is -0.880. The molecule has 0 spiro atoms. The number of Topliss-reactive ketones (excluding diaryl/α,β-unsaturated/α-hetero) is 1. The highest BCUT2D eigenvalue weighted by Gasteiger charge is 2.51. The van der Waals surface area contributed by atoms with Gasteiger partial charge in [-0.25, -0.2) is 24.0 Å². The number of pyridine rings is 2. The van der Waals surface area contributed by atoms with E-state index in [4.69, 9.17) is 39.5 Å². The summed E-state index contributed by atoms with van der Waals surface area (Å²) in [6, 6.07) is 37.6. The van der Waals surface area contributed by atoms with Crippen LogP contribution in [0.25, 0.3) is 5.57 Å². The first kappa shape index (κ1) is 106. The highest BCUT2D eigenvalue weighted by atomic mass is 79.9. The van der Waals surface area contributed by atoms with Crippen molar-refractivity contribution in [2.24, 2.45) is 5.73 Å². The lowest BCUT2D eigenvalue weighted by Gasteiger charge is -2.32. The molecule has 2 aromatic heterocycles. The number of aromatic nitrogens is 2. The molecule has 0 amide bonds. The van der Waals surface area contributed by atoms with Gasteiger partial charge >= 0.3 is 37.0 Å². The summed E-state index contributed by atoms with van der Waals surface area (Å²) >= 11 is 6.61. The van der Waals surface area contributed by atoms with Crippen LogP contribution < -0.4 is 16.9 Å². The molecule has 21 heteroatoms. The van der Waals surface area contributed by atoms with Crippen molar-refractivity contribution >= 4 is 80.2 Å². The summed E-state index contributed by atoms with van der Waals surface area (Å²) in [6.07, 6.45) is 0.834. The van der Waals surface area contributed by atoms with Gasteiger partial charge in [-0.1, -0.05) is 146 Å². The number of esters is 3. The number of allylic oxidation sites excluding steroid dienone is 2. The van der Waals surface area contributed by atoms with E-state index in [2.05, 4.69) is 109 Å². The quantitative estimate of drug-likeness (QED) is 0.0276. The highest BCUT2D eigenvalue weighted by Crippen LogP contribution is 2.38. The molecule has 0 aliphatic carbocycles. The average molecular weight is 1760 g/mol. The molecular formula is C98H132BBr2N3O15. The van der Waals surface area contributed by atoms with Crippen molar-refractivity contribution in [3.8, 4) is 0 Å². The summed E-state index contributed by atoms with van der Waals surface area (Å²) in [6.45, 7) is 68.4. The number of carbonyl (C=O) groups excluding carboxylic acids is 4. The second kappa shape index (κ2) is 46.4. The molecule has 1 aliphatic heterocycles. The molecule has 0 saturated carbocycles. The summed E-state index contributed by atoms with van der Waals surface area (Å²) in [7, 11) is -0.241. The summed E-state index contributed by atoms with van der Waals surface area (Å²) in [4.78, 5) is 98.0. The number of hydrogen-bond donors (Lipinski definition) is 5. The van der Waals surface area contributed by atoms with E-state index in [0.717, 1.165) is 87.0 Å². The number of carboxylic acids is 2. The standard InChI is InChI=1S/C20H25NO2.C15H22O2.C15H20O2.C12H15BrO2.C11H14O2.C9H17BO2.C8H7BrO2.C8H12N2O/c1-12(2)16-6-7-17(14(4)11-16)19(22)9-8-18-13(3)10-15(5)21-20(18)23;2*1-10(2)12-7-8-13(11(3)9-12)14(16)17-15(4,5)6;1-8-7-9(13)5-6-10(8)11(14)15-12(2,3)4;1-7(2)9-4-5-10(11(12)13)8(3)6-9;1-7(2)10-11-8(3,4)9(5,6)12-10;1-5-4-6(9)2-3-7(5)8(10)11;1-5-3-6(2)10-8(11)7(5)4-9/h6-7,10-12H,8-9H2,1-5H3,(H,21,23);7-10H,1-6H3;7-9H,1H2,2-6H3;5-7H,1-4H3;4-7H,1-3H3,(H,12,13);1H2,2-6H3;2-4H,1H3,(H,10,11);3H,4,9H2,1-2H3,(H,10,11). The van der Waals surface area contributed by atoms with Crippen LogP contribution >= 0.6 is 31.9 Å². The van der Waals surface area contributed by atoms with E-state index in [9.17, 15) is 38.4 Å². The number of aromatic amines is 2. The number of ketones is 1. The van der Waals surface area contributed by atoms with Gasteiger partial charge in [-0.3, -0.25) is 14.4 Å². The Morgan fingerprint density at radius 1 is 0.445 bits per heavy atom. The Labute approximate surface area is 725 Å². The number of halogens is 2. The maximum Gasteiger partial charge on any atom is 0.489 e. The molecule has 1 saturated heterocycles. The third kappa shape index (κ3) is 35.8. The summed E-state index contributed by atoms with van der Waals surface area (Å²) in [5, 5.41) is 17.4. The van der Waals surface area contributed by atoms with Crippen LogP contribution in [0.1, 0.15) is 321 Å². The Morgan fingerprint density at radius 3 is 1.01 bits per heavy atom. The van der Waals surface area contributed by atoms with Crippen molar-refractivity contribution in [3.63, 3.8) is 0 Å². The van der Waals surface area contributed by atoms with E-state index in [1.54, 1.807) is 43.3 Å². The molecule has 119 heavy (non-hydrogen) atoms. The number of ether oxygens (including phenoxy) is 3. The fraction of sp³-hybridized carbons (Fsp3) is 0.429. The molecule has 6 N–H and O–H groups in total. The first-order chi connectivity index (χ1) is 54.5. The van der Waals surface area contributed by atoms with Crippen molar-refractivity contribution in [2.45, 2.75) is 280 Å². The van der Waals surface area contributed by atoms with Crippen LogP contribution in [0.15, 0.2) is 158 Å². The van der Waals surface area contributed by atoms with E-state index in [-0.39, 0.29) is 53.1 Å². The third-order valence-corrected chi connectivity index (χ3v) is 19.9. The molecule has 0 unspecified atom stereocenters. The lowest BCUT2D eigenvalue weighted by Crippen LogP contribution is -2.41. The fourth-order valence-electron chi connectivity index (χ4n) is 11.5. The fourth-order valence-corrected chi connectivity index (χ4v) is 12.5. The molecule has 1 fully saturated rings. The minimum Gasteiger partial charge on any atom is -0.478 e. The van der Waals surface area contributed by atoms with E-state index in [0.29, 0.717) is 76.1 Å². The summed E-state index contributed by atoms with van der Waals surface area (Å²) < 4.78 is 29.3. The molecular weight excluding hydrogens is 1630 g/mol. The van der Waals surface area contributed by atoms with E-state index in [1.807, 2.05) is 239 Å². The number of rotatable bonds is 15. The van der Waals surface area contributed by atoms with E-state index < -0.39 is 28.7 Å². The molecule has 646 valence electrons. The Kier molecular flexibility index (Phi) is 41.2. The van der Waals surface area contributed by atoms with Gasteiger partial charge in [0.15, 0.2) is 5.78 Å². The molecule has 18 nitrogen and oxygen atoms in total. The topological polar surface area (TPSA) is 281 Å².